The maximum absolute atomic E-state index is 13.3. The van der Waals surface area contributed by atoms with Crippen molar-refractivity contribution in [2.45, 2.75) is 25.3 Å². The molecular formula is C23H23N5O. The van der Waals surface area contributed by atoms with Crippen LogP contribution in [0.4, 0.5) is 0 Å². The zero-order chi connectivity index (χ0) is 19.6. The van der Waals surface area contributed by atoms with Crippen LogP contribution in [0.5, 0.6) is 0 Å². The standard InChI is InChI=1S/C23H23N5O/c29-23-27(16-19-13-12-17-7-4-5-11-21(17)25-19)26-22(18-8-6-14-24-15-18)28(23)20-9-2-1-3-10-20/h1-5,7,9-13,18,24H,6,8,14-16H2/t18-/m1/s1. The summed E-state index contributed by atoms with van der Waals surface area (Å²) < 4.78 is 3.31. The summed E-state index contributed by atoms with van der Waals surface area (Å²) in [5.74, 6) is 1.05. The van der Waals surface area contributed by atoms with Gasteiger partial charge in [-0.25, -0.2) is 14.0 Å². The van der Waals surface area contributed by atoms with Crippen molar-refractivity contribution in [2.75, 3.05) is 13.1 Å². The van der Waals surface area contributed by atoms with Crippen molar-refractivity contribution < 1.29 is 0 Å². The highest BCUT2D eigenvalue weighted by atomic mass is 16.2. The lowest BCUT2D eigenvalue weighted by atomic mass is 9.99. The van der Waals surface area contributed by atoms with Crippen molar-refractivity contribution >= 4 is 10.9 Å². The monoisotopic (exact) mass is 385 g/mol. The molecule has 0 aliphatic carbocycles. The van der Waals surface area contributed by atoms with Crippen molar-refractivity contribution in [2.24, 2.45) is 0 Å². The van der Waals surface area contributed by atoms with Gasteiger partial charge in [-0.2, -0.15) is 5.10 Å². The fourth-order valence-corrected chi connectivity index (χ4v) is 4.03. The molecule has 1 aliphatic rings. The first kappa shape index (κ1) is 17.8. The number of nitrogens with one attached hydrogen (secondary N) is 1. The molecule has 146 valence electrons. The van der Waals surface area contributed by atoms with Crippen LogP contribution < -0.4 is 11.0 Å². The highest BCUT2D eigenvalue weighted by molar-refractivity contribution is 5.78. The number of hydrogen-bond acceptors (Lipinski definition) is 4. The lowest BCUT2D eigenvalue weighted by Crippen LogP contribution is -2.31. The molecule has 2 aromatic heterocycles. The first-order valence-corrected chi connectivity index (χ1v) is 10.1. The number of para-hydroxylation sites is 2. The van der Waals surface area contributed by atoms with Crippen molar-refractivity contribution in [3.8, 4) is 5.69 Å². The first-order chi connectivity index (χ1) is 14.3. The Kier molecular flexibility index (Phi) is 4.69. The Bertz CT molecular complexity index is 1190. The fraction of sp³-hybridized carbons (Fsp3) is 0.261. The summed E-state index contributed by atoms with van der Waals surface area (Å²) in [5.41, 5.74) is 2.50. The number of nitrogens with zero attached hydrogens (tertiary/aromatic N) is 4. The molecule has 0 unspecified atom stereocenters. The number of pyridine rings is 1. The average Bonchev–Trinajstić information content (AvgIpc) is 3.11. The topological polar surface area (TPSA) is 64.7 Å². The first-order valence-electron chi connectivity index (χ1n) is 10.1. The van der Waals surface area contributed by atoms with Gasteiger partial charge in [0.1, 0.15) is 5.82 Å². The molecule has 0 saturated carbocycles. The van der Waals surface area contributed by atoms with Gasteiger partial charge in [-0.1, -0.05) is 42.5 Å². The second kappa shape index (κ2) is 7.64. The van der Waals surface area contributed by atoms with Crippen molar-refractivity contribution in [3.05, 3.63) is 88.7 Å². The molecule has 6 heteroatoms. The Morgan fingerprint density at radius 3 is 2.66 bits per heavy atom. The highest BCUT2D eigenvalue weighted by Gasteiger charge is 2.25. The number of benzene rings is 2. The molecule has 0 amide bonds. The summed E-state index contributed by atoms with van der Waals surface area (Å²) in [6.07, 6.45) is 2.12. The quantitative estimate of drug-likeness (QED) is 0.586. The molecule has 0 bridgehead atoms. The Balaban J connectivity index is 1.57. The molecule has 0 radical (unpaired) electrons. The second-order valence-electron chi connectivity index (χ2n) is 7.51. The van der Waals surface area contributed by atoms with Gasteiger partial charge in [0.05, 0.1) is 23.4 Å². The van der Waals surface area contributed by atoms with Crippen molar-refractivity contribution in [1.82, 2.24) is 24.6 Å². The summed E-state index contributed by atoms with van der Waals surface area (Å²) in [5, 5.41) is 9.30. The lowest BCUT2D eigenvalue weighted by Gasteiger charge is -2.22. The third-order valence-corrected chi connectivity index (χ3v) is 5.51. The Labute approximate surface area is 168 Å². The Morgan fingerprint density at radius 2 is 1.83 bits per heavy atom. The van der Waals surface area contributed by atoms with Gasteiger partial charge in [-0.05, 0) is 43.7 Å². The van der Waals surface area contributed by atoms with E-state index in [4.69, 9.17) is 10.1 Å². The minimum Gasteiger partial charge on any atom is -0.316 e. The highest BCUT2D eigenvalue weighted by Crippen LogP contribution is 2.23. The van der Waals surface area contributed by atoms with Crippen LogP contribution in [0.25, 0.3) is 16.6 Å². The molecule has 6 nitrogen and oxygen atoms in total. The van der Waals surface area contributed by atoms with Gasteiger partial charge in [0.15, 0.2) is 0 Å². The summed E-state index contributed by atoms with van der Waals surface area (Å²) in [7, 11) is 0. The molecule has 1 N–H and O–H groups in total. The summed E-state index contributed by atoms with van der Waals surface area (Å²) in [4.78, 5) is 18.0. The van der Waals surface area contributed by atoms with Crippen LogP contribution >= 0.6 is 0 Å². The van der Waals surface area contributed by atoms with Gasteiger partial charge < -0.3 is 5.32 Å². The fourth-order valence-electron chi connectivity index (χ4n) is 4.03. The lowest BCUT2D eigenvalue weighted by molar-refractivity contribution is 0.439. The SMILES string of the molecule is O=c1n(Cc2ccc3ccccc3n2)nc([C@@H]2CCCNC2)n1-c1ccccc1. The molecule has 0 spiro atoms. The van der Waals surface area contributed by atoms with E-state index < -0.39 is 0 Å². The van der Waals surface area contributed by atoms with E-state index in [0.29, 0.717) is 6.54 Å². The van der Waals surface area contributed by atoms with Crippen LogP contribution in [-0.4, -0.2) is 32.4 Å². The minimum atomic E-state index is -0.119. The van der Waals surface area contributed by atoms with Gasteiger partial charge in [0, 0.05) is 17.8 Å². The van der Waals surface area contributed by atoms with Crippen LogP contribution in [0.15, 0.2) is 71.5 Å². The van der Waals surface area contributed by atoms with Gasteiger partial charge in [-0.15, -0.1) is 0 Å². The third kappa shape index (κ3) is 3.47. The Morgan fingerprint density at radius 1 is 1.00 bits per heavy atom. The second-order valence-corrected chi connectivity index (χ2v) is 7.51. The van der Waals surface area contributed by atoms with Crippen molar-refractivity contribution in [1.29, 1.82) is 0 Å². The number of aromatic nitrogens is 4. The molecule has 1 atom stereocenters. The van der Waals surface area contributed by atoms with E-state index >= 15 is 0 Å². The van der Waals surface area contributed by atoms with E-state index in [1.54, 1.807) is 9.25 Å². The molecule has 4 aromatic rings. The largest absolute Gasteiger partial charge is 0.350 e. The van der Waals surface area contributed by atoms with E-state index in [2.05, 4.69) is 5.32 Å². The summed E-state index contributed by atoms with van der Waals surface area (Å²) >= 11 is 0. The zero-order valence-corrected chi connectivity index (χ0v) is 16.2. The van der Waals surface area contributed by atoms with Gasteiger partial charge >= 0.3 is 5.69 Å². The van der Waals surface area contributed by atoms with E-state index in [0.717, 1.165) is 54.0 Å². The van der Waals surface area contributed by atoms with E-state index in [-0.39, 0.29) is 11.6 Å². The van der Waals surface area contributed by atoms with Crippen LogP contribution in [0.3, 0.4) is 0 Å². The molecule has 3 heterocycles. The maximum Gasteiger partial charge on any atom is 0.350 e. The van der Waals surface area contributed by atoms with Gasteiger partial charge in [0.2, 0.25) is 0 Å². The van der Waals surface area contributed by atoms with Crippen LogP contribution in [-0.2, 0) is 6.54 Å². The number of rotatable bonds is 4. The molecule has 5 rings (SSSR count). The van der Waals surface area contributed by atoms with E-state index in [1.807, 2.05) is 66.7 Å². The van der Waals surface area contributed by atoms with Gasteiger partial charge in [0.25, 0.3) is 0 Å². The number of fused-ring (bicyclic) bond motifs is 1. The smallest absolute Gasteiger partial charge is 0.316 e. The number of hydrogen-bond donors (Lipinski definition) is 1. The molecule has 29 heavy (non-hydrogen) atoms. The summed E-state index contributed by atoms with van der Waals surface area (Å²) in [6.45, 7) is 2.22. The normalized spacial score (nSPS) is 16.9. The van der Waals surface area contributed by atoms with Crippen LogP contribution in [0.1, 0.15) is 30.3 Å². The van der Waals surface area contributed by atoms with Gasteiger partial charge in [-0.3, -0.25) is 4.98 Å². The zero-order valence-electron chi connectivity index (χ0n) is 16.2. The third-order valence-electron chi connectivity index (χ3n) is 5.51. The Hall–Kier alpha value is -3.25. The minimum absolute atomic E-state index is 0.119. The summed E-state index contributed by atoms with van der Waals surface area (Å²) in [6, 6.07) is 21.8. The van der Waals surface area contributed by atoms with Crippen molar-refractivity contribution in [3.63, 3.8) is 0 Å². The molecule has 2 aromatic carbocycles. The molecule has 1 saturated heterocycles. The average molecular weight is 385 g/mol. The van der Waals surface area contributed by atoms with E-state index in [1.165, 1.54) is 0 Å². The van der Waals surface area contributed by atoms with E-state index in [9.17, 15) is 4.79 Å². The number of piperidine rings is 1. The predicted octanol–water partition coefficient (Wildman–Crippen LogP) is 3.10. The predicted molar refractivity (Wildman–Crippen MR) is 114 cm³/mol. The maximum atomic E-state index is 13.3. The molecule has 1 aliphatic heterocycles. The van der Waals surface area contributed by atoms with Crippen LogP contribution in [0.2, 0.25) is 0 Å². The van der Waals surface area contributed by atoms with Crippen LogP contribution in [0, 0.1) is 0 Å². The molecular weight excluding hydrogens is 362 g/mol. The molecule has 1 fully saturated rings.